The summed E-state index contributed by atoms with van der Waals surface area (Å²) in [7, 11) is 0. The second kappa shape index (κ2) is 4.00. The Hall–Kier alpha value is -1.06. The van der Waals surface area contributed by atoms with Crippen LogP contribution in [0.25, 0.3) is 0 Å². The number of hydrogen-bond acceptors (Lipinski definition) is 3. The van der Waals surface area contributed by atoms with Crippen molar-refractivity contribution < 1.29 is 9.47 Å². The first-order valence-electron chi connectivity index (χ1n) is 6.32. The summed E-state index contributed by atoms with van der Waals surface area (Å²) < 4.78 is 11.0. The smallest absolute Gasteiger partial charge is 0.122 e. The number of benzene rings is 1. The molecule has 2 aliphatic rings. The van der Waals surface area contributed by atoms with E-state index in [9.17, 15) is 0 Å². The molecule has 3 nitrogen and oxygen atoms in total. The summed E-state index contributed by atoms with van der Waals surface area (Å²) in [5.41, 5.74) is 8.78. The van der Waals surface area contributed by atoms with Crippen LogP contribution in [-0.2, 0) is 16.6 Å². The minimum atomic E-state index is 0.0203. The molecule has 1 aromatic rings. The number of rotatable bonds is 2. The van der Waals surface area contributed by atoms with Gasteiger partial charge in [-0.05, 0) is 37.0 Å². The molecule has 0 aliphatic carbocycles. The second-order valence-electron chi connectivity index (χ2n) is 5.21. The zero-order valence-electron chi connectivity index (χ0n) is 10.2. The quantitative estimate of drug-likeness (QED) is 0.844. The zero-order valence-corrected chi connectivity index (χ0v) is 10.2. The maximum absolute atomic E-state index is 6.13. The van der Waals surface area contributed by atoms with E-state index in [4.69, 9.17) is 15.2 Å². The molecule has 0 bridgehead atoms. The molecule has 2 aliphatic heterocycles. The lowest BCUT2D eigenvalue weighted by Crippen LogP contribution is -2.57. The molecule has 2 heterocycles. The van der Waals surface area contributed by atoms with Crippen LogP contribution in [-0.4, -0.2) is 25.9 Å². The molecular formula is C14H19NO2. The third kappa shape index (κ3) is 1.65. The molecule has 3 heteroatoms. The molecule has 17 heavy (non-hydrogen) atoms. The normalized spacial score (nSPS) is 23.2. The maximum atomic E-state index is 6.13. The summed E-state index contributed by atoms with van der Waals surface area (Å²) in [6, 6.07) is 6.63. The van der Waals surface area contributed by atoms with Crippen LogP contribution in [0.2, 0.25) is 0 Å². The van der Waals surface area contributed by atoms with Gasteiger partial charge in [0.2, 0.25) is 0 Å². The van der Waals surface area contributed by atoms with E-state index >= 15 is 0 Å². The van der Waals surface area contributed by atoms with Crippen molar-refractivity contribution in [1.82, 2.24) is 0 Å². The van der Waals surface area contributed by atoms with Crippen LogP contribution >= 0.6 is 0 Å². The van der Waals surface area contributed by atoms with Crippen LogP contribution in [0.1, 0.15) is 24.5 Å². The minimum Gasteiger partial charge on any atom is -0.493 e. The fraction of sp³-hybridized carbons (Fsp3) is 0.571. The summed E-state index contributed by atoms with van der Waals surface area (Å²) in [5, 5.41) is 0. The molecule has 2 N–H and O–H groups in total. The van der Waals surface area contributed by atoms with Gasteiger partial charge in [-0.2, -0.15) is 0 Å². The largest absolute Gasteiger partial charge is 0.493 e. The monoisotopic (exact) mass is 233 g/mol. The van der Waals surface area contributed by atoms with E-state index in [1.807, 2.05) is 0 Å². The van der Waals surface area contributed by atoms with Crippen LogP contribution in [0.15, 0.2) is 18.2 Å². The average Bonchev–Trinajstić information content (AvgIpc) is 2.27. The van der Waals surface area contributed by atoms with Gasteiger partial charge in [-0.1, -0.05) is 12.1 Å². The Bertz CT molecular complexity index is 424. The van der Waals surface area contributed by atoms with Gasteiger partial charge in [-0.3, -0.25) is 0 Å². The molecular weight excluding hydrogens is 214 g/mol. The standard InChI is InChI=1S/C14H19NO2/c1-10(15)14(8-16-9-14)12-4-5-13-11(7-12)3-2-6-17-13/h4-5,7,10H,2-3,6,8-9,15H2,1H3. The van der Waals surface area contributed by atoms with Crippen molar-refractivity contribution in [2.24, 2.45) is 5.73 Å². The van der Waals surface area contributed by atoms with Gasteiger partial charge in [0.1, 0.15) is 5.75 Å². The lowest BCUT2D eigenvalue weighted by molar-refractivity contribution is -0.0702. The first kappa shape index (κ1) is 11.1. The van der Waals surface area contributed by atoms with E-state index in [1.165, 1.54) is 11.1 Å². The molecule has 0 radical (unpaired) electrons. The first-order chi connectivity index (χ1) is 8.22. The van der Waals surface area contributed by atoms with Crippen molar-refractivity contribution in [3.8, 4) is 5.75 Å². The Labute approximate surface area is 102 Å². The van der Waals surface area contributed by atoms with Crippen molar-refractivity contribution >= 4 is 0 Å². The SMILES string of the molecule is CC(N)C1(c2ccc3c(c2)CCCO3)COC1. The van der Waals surface area contributed by atoms with Gasteiger partial charge in [0.25, 0.3) is 0 Å². The average molecular weight is 233 g/mol. The van der Waals surface area contributed by atoms with Crippen LogP contribution in [0, 0.1) is 0 Å². The molecule has 0 aromatic heterocycles. The van der Waals surface area contributed by atoms with Gasteiger partial charge in [-0.15, -0.1) is 0 Å². The highest BCUT2D eigenvalue weighted by Gasteiger charge is 2.43. The van der Waals surface area contributed by atoms with E-state index in [2.05, 4.69) is 25.1 Å². The third-order valence-corrected chi connectivity index (χ3v) is 4.07. The van der Waals surface area contributed by atoms with Crippen molar-refractivity contribution in [3.63, 3.8) is 0 Å². The zero-order chi connectivity index (χ0) is 11.9. The number of fused-ring (bicyclic) bond motifs is 1. The summed E-state index contributed by atoms with van der Waals surface area (Å²) in [6.07, 6.45) is 2.22. The Morgan fingerprint density at radius 3 is 2.82 bits per heavy atom. The number of nitrogens with two attached hydrogens (primary N) is 1. The lowest BCUT2D eigenvalue weighted by atomic mass is 9.73. The summed E-state index contributed by atoms with van der Waals surface area (Å²) >= 11 is 0. The molecule has 1 saturated heterocycles. The highest BCUT2D eigenvalue weighted by atomic mass is 16.5. The predicted molar refractivity (Wildman–Crippen MR) is 66.4 cm³/mol. The van der Waals surface area contributed by atoms with E-state index < -0.39 is 0 Å². The lowest BCUT2D eigenvalue weighted by Gasteiger charge is -2.45. The van der Waals surface area contributed by atoms with Gasteiger partial charge in [-0.25, -0.2) is 0 Å². The van der Waals surface area contributed by atoms with E-state index in [0.29, 0.717) is 0 Å². The van der Waals surface area contributed by atoms with Crippen LogP contribution in [0.5, 0.6) is 5.75 Å². The highest BCUT2D eigenvalue weighted by molar-refractivity contribution is 5.43. The van der Waals surface area contributed by atoms with Gasteiger partial charge in [0, 0.05) is 6.04 Å². The van der Waals surface area contributed by atoms with Gasteiger partial charge < -0.3 is 15.2 Å². The molecule has 0 saturated carbocycles. The molecule has 1 aromatic carbocycles. The second-order valence-corrected chi connectivity index (χ2v) is 5.21. The van der Waals surface area contributed by atoms with Crippen molar-refractivity contribution in [2.75, 3.05) is 19.8 Å². The number of hydrogen-bond donors (Lipinski definition) is 1. The maximum Gasteiger partial charge on any atom is 0.122 e. The van der Waals surface area contributed by atoms with Crippen molar-refractivity contribution in [1.29, 1.82) is 0 Å². The van der Waals surface area contributed by atoms with Crippen LogP contribution in [0.4, 0.5) is 0 Å². The Morgan fingerprint density at radius 1 is 1.35 bits per heavy atom. The topological polar surface area (TPSA) is 44.5 Å². The fourth-order valence-corrected chi connectivity index (χ4v) is 2.68. The summed E-state index contributed by atoms with van der Waals surface area (Å²) in [4.78, 5) is 0. The first-order valence-corrected chi connectivity index (χ1v) is 6.32. The van der Waals surface area contributed by atoms with Crippen LogP contribution in [0.3, 0.4) is 0 Å². The summed E-state index contributed by atoms with van der Waals surface area (Å²) in [6.45, 7) is 4.39. The third-order valence-electron chi connectivity index (χ3n) is 4.07. The predicted octanol–water partition coefficient (Wildman–Crippen LogP) is 1.63. The summed E-state index contributed by atoms with van der Waals surface area (Å²) in [5.74, 6) is 1.04. The Kier molecular flexibility index (Phi) is 2.60. The molecule has 0 amide bonds. The Morgan fingerprint density at radius 2 is 2.18 bits per heavy atom. The van der Waals surface area contributed by atoms with Crippen molar-refractivity contribution in [3.05, 3.63) is 29.3 Å². The Balaban J connectivity index is 1.98. The molecule has 92 valence electrons. The minimum absolute atomic E-state index is 0.0203. The molecule has 1 atom stereocenters. The molecule has 0 spiro atoms. The highest BCUT2D eigenvalue weighted by Crippen LogP contribution is 2.37. The van der Waals surface area contributed by atoms with Crippen LogP contribution < -0.4 is 10.5 Å². The van der Waals surface area contributed by atoms with Crippen molar-refractivity contribution in [2.45, 2.75) is 31.2 Å². The fourth-order valence-electron chi connectivity index (χ4n) is 2.68. The van der Waals surface area contributed by atoms with Gasteiger partial charge in [0.15, 0.2) is 0 Å². The number of ether oxygens (including phenoxy) is 2. The molecule has 3 rings (SSSR count). The van der Waals surface area contributed by atoms with E-state index in [0.717, 1.165) is 38.4 Å². The van der Waals surface area contributed by atoms with E-state index in [1.54, 1.807) is 0 Å². The number of aryl methyl sites for hydroxylation is 1. The molecule has 1 fully saturated rings. The van der Waals surface area contributed by atoms with Gasteiger partial charge >= 0.3 is 0 Å². The van der Waals surface area contributed by atoms with E-state index in [-0.39, 0.29) is 11.5 Å². The molecule has 1 unspecified atom stereocenters. The van der Waals surface area contributed by atoms with Gasteiger partial charge in [0.05, 0.1) is 25.2 Å².